The molecule has 0 atom stereocenters. The molecule has 2 radical (unpaired) electrons. The summed E-state index contributed by atoms with van der Waals surface area (Å²) in [5.41, 5.74) is 1.36. The van der Waals surface area contributed by atoms with Gasteiger partial charge in [0.1, 0.15) is 23.1 Å². The van der Waals surface area contributed by atoms with Crippen LogP contribution in [0.15, 0.2) is 4.42 Å². The van der Waals surface area contributed by atoms with E-state index in [1.807, 2.05) is 13.8 Å². The molecule has 0 amide bonds. The summed E-state index contributed by atoms with van der Waals surface area (Å²) >= 11 is 1.51. The van der Waals surface area contributed by atoms with E-state index in [9.17, 15) is 5.26 Å². The molecule has 0 saturated carbocycles. The Morgan fingerprint density at radius 3 is 2.40 bits per heavy atom. The van der Waals surface area contributed by atoms with E-state index in [0.717, 1.165) is 9.88 Å². The second kappa shape index (κ2) is 5.51. The molecule has 2 aromatic rings. The molecule has 0 aliphatic heterocycles. The van der Waals surface area contributed by atoms with Gasteiger partial charge in [-0.25, -0.2) is 9.97 Å². The summed E-state index contributed by atoms with van der Waals surface area (Å²) in [4.78, 5) is 9.43. The number of hydrogen-bond donors (Lipinski definition) is 0. The van der Waals surface area contributed by atoms with E-state index in [4.69, 9.17) is 17.1 Å². The molecule has 2 rings (SSSR count). The number of nitriles is 1. The Bertz CT molecular complexity index is 725. The number of nitrogens with zero attached hydrogens (tertiary/aromatic N) is 3. The number of rotatable bonds is 3. The van der Waals surface area contributed by atoms with Crippen molar-refractivity contribution in [3.05, 3.63) is 32.9 Å². The van der Waals surface area contributed by atoms with E-state index in [-0.39, 0.29) is 11.3 Å². The summed E-state index contributed by atoms with van der Waals surface area (Å²) in [6.07, 6.45) is 0. The SMILES string of the molecule is [B]OC(=C(C#N)c1oc(C)nc1C)c1nc(C)sc1C. The van der Waals surface area contributed by atoms with Crippen molar-refractivity contribution in [3.63, 3.8) is 0 Å². The summed E-state index contributed by atoms with van der Waals surface area (Å²) in [5.74, 6) is 1.04. The minimum atomic E-state index is 0.194. The topological polar surface area (TPSA) is 71.9 Å². The van der Waals surface area contributed by atoms with Crippen LogP contribution >= 0.6 is 11.3 Å². The van der Waals surface area contributed by atoms with Gasteiger partial charge < -0.3 is 9.07 Å². The molecule has 100 valence electrons. The molecule has 0 unspecified atom stereocenters. The lowest BCUT2D eigenvalue weighted by Crippen LogP contribution is -1.97. The third kappa shape index (κ3) is 2.47. The van der Waals surface area contributed by atoms with E-state index >= 15 is 0 Å². The van der Waals surface area contributed by atoms with Crippen molar-refractivity contribution in [1.82, 2.24) is 9.97 Å². The van der Waals surface area contributed by atoms with Crippen molar-refractivity contribution in [1.29, 1.82) is 5.26 Å². The Hall–Kier alpha value is -2.07. The molecule has 0 spiro atoms. The summed E-state index contributed by atoms with van der Waals surface area (Å²) < 4.78 is 10.4. The smallest absolute Gasteiger partial charge is 0.374 e. The van der Waals surface area contributed by atoms with Crippen LogP contribution in [0.3, 0.4) is 0 Å². The van der Waals surface area contributed by atoms with E-state index < -0.39 is 0 Å². The zero-order chi connectivity index (χ0) is 14.9. The molecule has 0 aliphatic rings. The maximum absolute atomic E-state index is 9.42. The Balaban J connectivity index is 2.69. The first-order valence-electron chi connectivity index (χ1n) is 5.87. The largest absolute Gasteiger partial charge is 0.565 e. The van der Waals surface area contributed by atoms with E-state index in [1.165, 1.54) is 11.3 Å². The molecular formula is C13H12BN3O2S. The maximum Gasteiger partial charge on any atom is 0.374 e. The second-order valence-corrected chi connectivity index (χ2v) is 5.63. The predicted molar refractivity (Wildman–Crippen MR) is 76.8 cm³/mol. The van der Waals surface area contributed by atoms with Gasteiger partial charge in [-0.05, 0) is 20.8 Å². The second-order valence-electron chi connectivity index (χ2n) is 4.22. The Morgan fingerprint density at radius 1 is 1.30 bits per heavy atom. The number of aromatic nitrogens is 2. The minimum Gasteiger partial charge on any atom is -0.565 e. The fourth-order valence-electron chi connectivity index (χ4n) is 1.94. The lowest BCUT2D eigenvalue weighted by atomic mass is 10.1. The first-order chi connectivity index (χ1) is 9.47. The van der Waals surface area contributed by atoms with E-state index in [1.54, 1.807) is 13.8 Å². The molecule has 2 aromatic heterocycles. The fraction of sp³-hybridized carbons (Fsp3) is 0.308. The normalized spacial score (nSPS) is 11.9. The molecule has 0 saturated heterocycles. The van der Waals surface area contributed by atoms with Crippen LogP contribution in [0.5, 0.6) is 0 Å². The monoisotopic (exact) mass is 285 g/mol. The van der Waals surface area contributed by atoms with Crippen molar-refractivity contribution < 1.29 is 9.07 Å². The van der Waals surface area contributed by atoms with Crippen LogP contribution < -0.4 is 0 Å². The number of hydrogen-bond acceptors (Lipinski definition) is 6. The molecule has 0 aromatic carbocycles. The van der Waals surface area contributed by atoms with E-state index in [0.29, 0.717) is 23.0 Å². The zero-order valence-corrected chi connectivity index (χ0v) is 12.5. The minimum absolute atomic E-state index is 0.194. The van der Waals surface area contributed by atoms with Gasteiger partial charge in [0, 0.05) is 11.8 Å². The van der Waals surface area contributed by atoms with Gasteiger partial charge in [0.25, 0.3) is 0 Å². The summed E-state index contributed by atoms with van der Waals surface area (Å²) in [6, 6.07) is 2.06. The Labute approximate surface area is 122 Å². The summed E-state index contributed by atoms with van der Waals surface area (Å²) in [5, 5.41) is 10.3. The highest BCUT2D eigenvalue weighted by atomic mass is 32.1. The molecule has 20 heavy (non-hydrogen) atoms. The Kier molecular flexibility index (Phi) is 3.95. The highest BCUT2D eigenvalue weighted by Gasteiger charge is 2.22. The van der Waals surface area contributed by atoms with Gasteiger partial charge in [0.15, 0.2) is 11.7 Å². The first-order valence-corrected chi connectivity index (χ1v) is 6.69. The standard InChI is InChI=1S/C13H12BN3O2S/c1-6-12(18-8(3)16-6)10(5-15)13(19-14)11-7(2)20-9(4)17-11/h1-4H3. The lowest BCUT2D eigenvalue weighted by molar-refractivity contribution is 0.507. The van der Waals surface area contributed by atoms with Crippen LogP contribution in [0.1, 0.15) is 32.9 Å². The van der Waals surface area contributed by atoms with E-state index in [2.05, 4.69) is 16.0 Å². The molecule has 7 heteroatoms. The summed E-state index contributed by atoms with van der Waals surface area (Å²) in [6.45, 7) is 7.25. The van der Waals surface area contributed by atoms with Crippen LogP contribution in [0.25, 0.3) is 11.3 Å². The van der Waals surface area contributed by atoms with Crippen molar-refractivity contribution in [2.45, 2.75) is 27.7 Å². The van der Waals surface area contributed by atoms with Gasteiger partial charge in [-0.3, -0.25) is 0 Å². The maximum atomic E-state index is 9.42. The van der Waals surface area contributed by atoms with Crippen molar-refractivity contribution in [2.75, 3.05) is 0 Å². The van der Waals surface area contributed by atoms with Crippen molar-refractivity contribution in [3.8, 4) is 6.07 Å². The molecule has 0 N–H and O–H groups in total. The van der Waals surface area contributed by atoms with Crippen LogP contribution in [0.2, 0.25) is 0 Å². The molecule has 0 bridgehead atoms. The van der Waals surface area contributed by atoms with Gasteiger partial charge in [-0.2, -0.15) is 5.26 Å². The van der Waals surface area contributed by atoms with Crippen LogP contribution in [-0.4, -0.2) is 18.0 Å². The van der Waals surface area contributed by atoms with Crippen molar-refractivity contribution >= 4 is 30.7 Å². The molecule has 0 fully saturated rings. The van der Waals surface area contributed by atoms with Gasteiger partial charge in [0.05, 0.1) is 10.7 Å². The molecule has 0 aliphatic carbocycles. The molecule has 5 nitrogen and oxygen atoms in total. The highest BCUT2D eigenvalue weighted by Crippen LogP contribution is 2.31. The lowest BCUT2D eigenvalue weighted by Gasteiger charge is -2.07. The number of oxazole rings is 1. The zero-order valence-electron chi connectivity index (χ0n) is 11.6. The average Bonchev–Trinajstić information content (AvgIpc) is 2.88. The van der Waals surface area contributed by atoms with Crippen molar-refractivity contribution in [2.24, 2.45) is 0 Å². The quantitative estimate of drug-likeness (QED) is 0.492. The average molecular weight is 285 g/mol. The highest BCUT2D eigenvalue weighted by molar-refractivity contribution is 7.11. The number of thiazole rings is 1. The van der Waals surface area contributed by atoms with Crippen LogP contribution in [0, 0.1) is 39.0 Å². The molecule has 2 heterocycles. The first kappa shape index (κ1) is 14.3. The van der Waals surface area contributed by atoms with Crippen LogP contribution in [0.4, 0.5) is 0 Å². The van der Waals surface area contributed by atoms with Gasteiger partial charge in [-0.1, -0.05) is 0 Å². The summed E-state index contributed by atoms with van der Waals surface area (Å²) in [7, 11) is 5.35. The predicted octanol–water partition coefficient (Wildman–Crippen LogP) is 2.86. The third-order valence-corrected chi connectivity index (χ3v) is 3.59. The Morgan fingerprint density at radius 2 is 2.00 bits per heavy atom. The third-order valence-electron chi connectivity index (χ3n) is 2.71. The van der Waals surface area contributed by atoms with Crippen LogP contribution in [-0.2, 0) is 4.65 Å². The number of aryl methyl sites for hydroxylation is 4. The van der Waals surface area contributed by atoms with Gasteiger partial charge in [0.2, 0.25) is 0 Å². The van der Waals surface area contributed by atoms with Gasteiger partial charge in [-0.15, -0.1) is 11.3 Å². The fourth-order valence-corrected chi connectivity index (χ4v) is 2.76. The molecular weight excluding hydrogens is 273 g/mol. The number of allylic oxidation sites excluding steroid dienone is 1. The van der Waals surface area contributed by atoms with Gasteiger partial charge >= 0.3 is 8.05 Å².